The third-order valence-electron chi connectivity index (χ3n) is 7.63. The van der Waals surface area contributed by atoms with Crippen molar-refractivity contribution in [3.05, 3.63) is 71.8 Å². The highest BCUT2D eigenvalue weighted by atomic mass is 16.5. The van der Waals surface area contributed by atoms with Crippen LogP contribution in [-0.4, -0.2) is 53.9 Å². The number of urea groups is 1. The Hall–Kier alpha value is -4.07. The van der Waals surface area contributed by atoms with E-state index in [2.05, 4.69) is 5.32 Å². The maximum atomic E-state index is 13.6. The molecule has 0 saturated carbocycles. The van der Waals surface area contributed by atoms with E-state index >= 15 is 0 Å². The Morgan fingerprint density at radius 2 is 1.78 bits per heavy atom. The predicted molar refractivity (Wildman–Crippen MR) is 137 cm³/mol. The lowest BCUT2D eigenvalue weighted by Crippen LogP contribution is -2.44. The molecule has 190 valence electrons. The third kappa shape index (κ3) is 3.97. The fraction of sp³-hybridized carbons (Fsp3) is 0.345. The first kappa shape index (κ1) is 23.3. The Morgan fingerprint density at radius 1 is 1.00 bits per heavy atom. The lowest BCUT2D eigenvalue weighted by Gasteiger charge is -2.28. The summed E-state index contributed by atoms with van der Waals surface area (Å²) >= 11 is 0. The molecule has 3 aromatic rings. The van der Waals surface area contributed by atoms with Crippen molar-refractivity contribution in [2.24, 2.45) is 0 Å². The van der Waals surface area contributed by atoms with E-state index in [1.54, 1.807) is 11.8 Å². The van der Waals surface area contributed by atoms with Crippen molar-refractivity contribution in [3.63, 3.8) is 0 Å². The highest BCUT2D eigenvalue weighted by molar-refractivity contribution is 6.10. The fourth-order valence-electron chi connectivity index (χ4n) is 5.71. The molecule has 3 aromatic carbocycles. The van der Waals surface area contributed by atoms with E-state index in [0.717, 1.165) is 40.5 Å². The molecule has 0 unspecified atom stereocenters. The number of fused-ring (bicyclic) bond motifs is 2. The van der Waals surface area contributed by atoms with Crippen LogP contribution in [0.5, 0.6) is 11.5 Å². The summed E-state index contributed by atoms with van der Waals surface area (Å²) < 4.78 is 11.6. The van der Waals surface area contributed by atoms with Crippen LogP contribution in [0.2, 0.25) is 0 Å². The van der Waals surface area contributed by atoms with Gasteiger partial charge in [0.25, 0.3) is 5.91 Å². The van der Waals surface area contributed by atoms with Crippen LogP contribution in [0.25, 0.3) is 10.8 Å². The molecule has 0 aliphatic carbocycles. The van der Waals surface area contributed by atoms with Gasteiger partial charge in [-0.15, -0.1) is 0 Å². The number of amides is 4. The maximum absolute atomic E-state index is 13.6. The summed E-state index contributed by atoms with van der Waals surface area (Å²) in [7, 11) is 0. The van der Waals surface area contributed by atoms with Crippen molar-refractivity contribution >= 4 is 28.6 Å². The van der Waals surface area contributed by atoms with E-state index in [0.29, 0.717) is 36.8 Å². The highest BCUT2D eigenvalue weighted by Crippen LogP contribution is 2.39. The number of likely N-dealkylation sites (tertiary alicyclic amines) is 1. The maximum Gasteiger partial charge on any atom is 0.325 e. The average Bonchev–Trinajstić information content (AvgIpc) is 3.39. The minimum atomic E-state index is -1.25. The van der Waals surface area contributed by atoms with Crippen molar-refractivity contribution in [1.29, 1.82) is 0 Å². The Labute approximate surface area is 215 Å². The molecule has 37 heavy (non-hydrogen) atoms. The van der Waals surface area contributed by atoms with Crippen LogP contribution in [0, 0.1) is 0 Å². The molecule has 0 spiro atoms. The van der Waals surface area contributed by atoms with Crippen LogP contribution in [0.3, 0.4) is 0 Å². The molecular formula is C29H29N3O5. The number of rotatable bonds is 4. The zero-order valence-electron chi connectivity index (χ0n) is 20.7. The number of nitrogens with zero attached hydrogens (tertiary/aromatic N) is 2. The largest absolute Gasteiger partial charge is 0.490 e. The Balaban J connectivity index is 1.23. The van der Waals surface area contributed by atoms with Gasteiger partial charge in [0.2, 0.25) is 5.91 Å². The summed E-state index contributed by atoms with van der Waals surface area (Å²) in [5, 5.41) is 4.73. The predicted octanol–water partition coefficient (Wildman–Crippen LogP) is 4.13. The number of imide groups is 1. The second-order valence-electron chi connectivity index (χ2n) is 9.97. The van der Waals surface area contributed by atoms with Crippen molar-refractivity contribution in [3.8, 4) is 11.5 Å². The molecule has 6 rings (SSSR count). The molecule has 4 amide bonds. The molecule has 2 saturated heterocycles. The zero-order valence-corrected chi connectivity index (χ0v) is 20.7. The van der Waals surface area contributed by atoms with E-state index in [1.165, 1.54) is 0 Å². The van der Waals surface area contributed by atoms with Gasteiger partial charge in [0.15, 0.2) is 11.5 Å². The van der Waals surface area contributed by atoms with Gasteiger partial charge in [-0.05, 0) is 53.8 Å². The molecule has 3 aliphatic rings. The Kier molecular flexibility index (Phi) is 5.74. The second kappa shape index (κ2) is 9.10. The molecule has 8 heteroatoms. The van der Waals surface area contributed by atoms with Gasteiger partial charge in [-0.1, -0.05) is 48.5 Å². The highest BCUT2D eigenvalue weighted by Gasteiger charge is 2.50. The number of benzene rings is 3. The zero-order chi connectivity index (χ0) is 25.6. The summed E-state index contributed by atoms with van der Waals surface area (Å²) in [5.41, 5.74) is 0.426. The molecule has 0 bridgehead atoms. The van der Waals surface area contributed by atoms with Crippen LogP contribution < -0.4 is 14.8 Å². The van der Waals surface area contributed by atoms with Gasteiger partial charge in [0.05, 0.1) is 19.3 Å². The second-order valence-corrected chi connectivity index (χ2v) is 9.97. The minimum absolute atomic E-state index is 0.144. The minimum Gasteiger partial charge on any atom is -0.490 e. The van der Waals surface area contributed by atoms with E-state index in [1.807, 2.05) is 60.7 Å². The van der Waals surface area contributed by atoms with Gasteiger partial charge in [-0.3, -0.25) is 14.5 Å². The monoisotopic (exact) mass is 499 g/mol. The lowest BCUT2D eigenvalue weighted by atomic mass is 9.88. The molecule has 3 heterocycles. The quantitative estimate of drug-likeness (QED) is 0.546. The standard InChI is InChI=1S/C29H29N3O5/c1-29(22-10-4-8-19-7-2-3-9-21(19)22)27(34)32(28(35)30-29)18-26(33)31-14-5-11-23(31)20-12-13-24-25(17-20)37-16-6-15-36-24/h2-4,7-10,12-13,17,23H,5-6,11,14-16,18H2,1H3,(H,30,35)/t23-,29-/m0/s1. The van der Waals surface area contributed by atoms with Crippen LogP contribution >= 0.6 is 0 Å². The number of carbonyl (C=O) groups is 3. The first-order chi connectivity index (χ1) is 18.0. The van der Waals surface area contributed by atoms with E-state index in [9.17, 15) is 14.4 Å². The molecular weight excluding hydrogens is 470 g/mol. The van der Waals surface area contributed by atoms with Gasteiger partial charge in [-0.2, -0.15) is 0 Å². The van der Waals surface area contributed by atoms with E-state index < -0.39 is 17.5 Å². The molecule has 0 aromatic heterocycles. The van der Waals surface area contributed by atoms with Gasteiger partial charge in [-0.25, -0.2) is 4.79 Å². The van der Waals surface area contributed by atoms with Crippen molar-refractivity contribution in [1.82, 2.24) is 15.1 Å². The normalized spacial score (nSPS) is 23.3. The number of hydrogen-bond donors (Lipinski definition) is 1. The summed E-state index contributed by atoms with van der Waals surface area (Å²) in [5.74, 6) is 0.729. The van der Waals surface area contributed by atoms with Crippen molar-refractivity contribution < 1.29 is 23.9 Å². The van der Waals surface area contributed by atoms with Gasteiger partial charge in [0.1, 0.15) is 12.1 Å². The Bertz CT molecular complexity index is 1400. The molecule has 8 nitrogen and oxygen atoms in total. The SMILES string of the molecule is C[C@@]1(c2cccc3ccccc23)NC(=O)N(CC(=O)N2CCC[C@H]2c2ccc3c(c2)OCCCO3)C1=O. The average molecular weight is 500 g/mol. The molecule has 1 N–H and O–H groups in total. The molecule has 3 aliphatic heterocycles. The molecule has 2 fully saturated rings. The van der Waals surface area contributed by atoms with Crippen molar-refractivity contribution in [2.75, 3.05) is 26.3 Å². The lowest BCUT2D eigenvalue weighted by molar-refractivity contribution is -0.139. The van der Waals surface area contributed by atoms with E-state index in [4.69, 9.17) is 9.47 Å². The van der Waals surface area contributed by atoms with Crippen LogP contribution in [0.15, 0.2) is 60.7 Å². The number of nitrogens with one attached hydrogen (secondary N) is 1. The van der Waals surface area contributed by atoms with Crippen LogP contribution in [-0.2, 0) is 15.1 Å². The fourth-order valence-corrected chi connectivity index (χ4v) is 5.71. The number of hydrogen-bond acceptors (Lipinski definition) is 5. The van der Waals surface area contributed by atoms with Crippen molar-refractivity contribution in [2.45, 2.75) is 37.8 Å². The van der Waals surface area contributed by atoms with Gasteiger partial charge < -0.3 is 19.7 Å². The summed E-state index contributed by atoms with van der Waals surface area (Å²) in [6.07, 6.45) is 2.47. The van der Waals surface area contributed by atoms with Gasteiger partial charge in [0, 0.05) is 13.0 Å². The molecule has 0 radical (unpaired) electrons. The first-order valence-corrected chi connectivity index (χ1v) is 12.8. The van der Waals surface area contributed by atoms with Crippen LogP contribution in [0.1, 0.15) is 43.4 Å². The Morgan fingerprint density at radius 3 is 2.65 bits per heavy atom. The first-order valence-electron chi connectivity index (χ1n) is 12.8. The third-order valence-corrected chi connectivity index (χ3v) is 7.63. The topological polar surface area (TPSA) is 88.2 Å². The summed E-state index contributed by atoms with van der Waals surface area (Å²) in [4.78, 5) is 42.9. The summed E-state index contributed by atoms with van der Waals surface area (Å²) in [6, 6.07) is 18.6. The van der Waals surface area contributed by atoms with Crippen LogP contribution in [0.4, 0.5) is 4.79 Å². The number of ether oxygens (including phenoxy) is 2. The van der Waals surface area contributed by atoms with E-state index in [-0.39, 0.29) is 18.5 Å². The van der Waals surface area contributed by atoms with Gasteiger partial charge >= 0.3 is 6.03 Å². The smallest absolute Gasteiger partial charge is 0.325 e. The summed E-state index contributed by atoms with van der Waals surface area (Å²) in [6.45, 7) is 3.18. The number of carbonyl (C=O) groups excluding carboxylic acids is 3. The molecule has 2 atom stereocenters.